The zero-order valence-corrected chi connectivity index (χ0v) is 15.6. The smallest absolute Gasteiger partial charge is 0.108 e. The van der Waals surface area contributed by atoms with Gasteiger partial charge in [-0.2, -0.15) is 0 Å². The van der Waals surface area contributed by atoms with Crippen LogP contribution < -0.4 is 0 Å². The van der Waals surface area contributed by atoms with Crippen molar-refractivity contribution in [3.8, 4) is 0 Å². The van der Waals surface area contributed by atoms with Gasteiger partial charge in [-0.05, 0) is 37.7 Å². The Balaban J connectivity index is 1.82. The molecule has 0 aliphatic rings. The molecule has 0 N–H and O–H groups in total. The van der Waals surface area contributed by atoms with E-state index in [2.05, 4.69) is 54.9 Å². The summed E-state index contributed by atoms with van der Waals surface area (Å²) < 4.78 is 2.40. The molecule has 0 aliphatic carbocycles. The molecule has 1 aromatic carbocycles. The molecule has 0 saturated heterocycles. The lowest BCUT2D eigenvalue weighted by Gasteiger charge is -2.05. The van der Waals surface area contributed by atoms with Gasteiger partial charge in [0.05, 0.1) is 5.69 Å². The van der Waals surface area contributed by atoms with Crippen LogP contribution in [0.15, 0.2) is 36.5 Å². The van der Waals surface area contributed by atoms with Gasteiger partial charge in [-0.1, -0.05) is 69.9 Å². The van der Waals surface area contributed by atoms with Crippen LogP contribution in [-0.2, 0) is 25.8 Å². The molecule has 0 spiro atoms. The van der Waals surface area contributed by atoms with E-state index in [1.54, 1.807) is 0 Å². The predicted octanol–water partition coefficient (Wildman–Crippen LogP) is 5.98. The number of hydrogen-bond donors (Lipinski definition) is 0. The Morgan fingerprint density at radius 2 is 1.58 bits per heavy atom. The lowest BCUT2D eigenvalue weighted by molar-refractivity contribution is 0.588. The summed E-state index contributed by atoms with van der Waals surface area (Å²) in [6, 6.07) is 10.8. The van der Waals surface area contributed by atoms with E-state index in [4.69, 9.17) is 4.98 Å². The number of aryl methyl sites for hydroxylation is 4. The van der Waals surface area contributed by atoms with Gasteiger partial charge in [0.2, 0.25) is 0 Å². The molecule has 0 aliphatic heterocycles. The summed E-state index contributed by atoms with van der Waals surface area (Å²) in [5, 5.41) is 0. The predicted molar refractivity (Wildman–Crippen MR) is 103 cm³/mol. The Bertz CT molecular complexity index is 557. The van der Waals surface area contributed by atoms with Gasteiger partial charge in [-0.3, -0.25) is 0 Å². The largest absolute Gasteiger partial charge is 0.335 e. The minimum atomic E-state index is 1.09. The van der Waals surface area contributed by atoms with Crippen LogP contribution >= 0.6 is 0 Å². The van der Waals surface area contributed by atoms with Crippen LogP contribution in [0.4, 0.5) is 0 Å². The molecule has 0 fully saturated rings. The van der Waals surface area contributed by atoms with Crippen LogP contribution in [0, 0.1) is 0 Å². The Morgan fingerprint density at radius 1 is 0.792 bits per heavy atom. The molecule has 24 heavy (non-hydrogen) atoms. The molecular weight excluding hydrogens is 292 g/mol. The monoisotopic (exact) mass is 326 g/mol. The molecule has 0 amide bonds. The molecular formula is C22H34N2. The van der Waals surface area contributed by atoms with Crippen molar-refractivity contribution in [1.29, 1.82) is 0 Å². The van der Waals surface area contributed by atoms with Gasteiger partial charge in [0, 0.05) is 19.2 Å². The fourth-order valence-corrected chi connectivity index (χ4v) is 3.27. The third kappa shape index (κ3) is 6.51. The van der Waals surface area contributed by atoms with E-state index < -0.39 is 0 Å². The number of imidazole rings is 1. The third-order valence-corrected chi connectivity index (χ3v) is 4.62. The van der Waals surface area contributed by atoms with Crippen LogP contribution in [0.25, 0.3) is 0 Å². The lowest BCUT2D eigenvalue weighted by atomic mass is 10.1. The van der Waals surface area contributed by atoms with Crippen LogP contribution in [0.2, 0.25) is 0 Å². The molecule has 2 rings (SSSR count). The second-order valence-electron chi connectivity index (χ2n) is 6.85. The van der Waals surface area contributed by atoms with Gasteiger partial charge < -0.3 is 4.57 Å². The third-order valence-electron chi connectivity index (χ3n) is 4.62. The highest BCUT2D eigenvalue weighted by atomic mass is 15.1. The number of benzene rings is 1. The Morgan fingerprint density at radius 3 is 2.33 bits per heavy atom. The first-order chi connectivity index (χ1) is 11.8. The highest BCUT2D eigenvalue weighted by Crippen LogP contribution is 2.13. The van der Waals surface area contributed by atoms with E-state index in [9.17, 15) is 0 Å². The summed E-state index contributed by atoms with van der Waals surface area (Å²) in [4.78, 5) is 4.94. The number of unbranched alkanes of at least 4 members (excludes halogenated alkanes) is 4. The zero-order chi connectivity index (χ0) is 17.0. The van der Waals surface area contributed by atoms with Gasteiger partial charge in [-0.25, -0.2) is 4.98 Å². The lowest BCUT2D eigenvalue weighted by Crippen LogP contribution is -2.02. The summed E-state index contributed by atoms with van der Waals surface area (Å²) in [6.07, 6.45) is 14.7. The highest BCUT2D eigenvalue weighted by molar-refractivity contribution is 5.15. The number of hydrogen-bond acceptors (Lipinski definition) is 1. The van der Waals surface area contributed by atoms with Crippen LogP contribution in [0.1, 0.15) is 75.9 Å². The average molecular weight is 327 g/mol. The van der Waals surface area contributed by atoms with E-state index in [-0.39, 0.29) is 0 Å². The average Bonchev–Trinajstić information content (AvgIpc) is 2.98. The van der Waals surface area contributed by atoms with E-state index in [0.717, 1.165) is 25.8 Å². The van der Waals surface area contributed by atoms with Crippen molar-refractivity contribution in [2.75, 3.05) is 0 Å². The molecule has 0 bridgehead atoms. The molecule has 0 atom stereocenters. The molecule has 0 unspecified atom stereocenters. The van der Waals surface area contributed by atoms with E-state index >= 15 is 0 Å². The zero-order valence-electron chi connectivity index (χ0n) is 15.6. The van der Waals surface area contributed by atoms with Gasteiger partial charge >= 0.3 is 0 Å². The summed E-state index contributed by atoms with van der Waals surface area (Å²) >= 11 is 0. The molecule has 2 heteroatoms. The molecule has 0 radical (unpaired) electrons. The van der Waals surface area contributed by atoms with Crippen molar-refractivity contribution in [3.63, 3.8) is 0 Å². The molecule has 132 valence electrons. The fraction of sp³-hybridized carbons (Fsp3) is 0.591. The van der Waals surface area contributed by atoms with Gasteiger partial charge in [-0.15, -0.1) is 0 Å². The highest BCUT2D eigenvalue weighted by Gasteiger charge is 2.07. The second kappa shape index (κ2) is 11.1. The molecule has 2 nitrogen and oxygen atoms in total. The maximum Gasteiger partial charge on any atom is 0.108 e. The SMILES string of the molecule is CCCCCCCc1nc(CCCc2ccccc2)cn1CCC. The standard InChI is InChI=1S/C22H34N2/c1-3-5-6-7-11-17-22-23-21(19-24(22)18-4-2)16-12-15-20-13-9-8-10-14-20/h8-10,13-14,19H,3-7,11-12,15-18H2,1-2H3. The molecule has 0 saturated carbocycles. The topological polar surface area (TPSA) is 17.8 Å². The molecule has 1 heterocycles. The fourth-order valence-electron chi connectivity index (χ4n) is 3.27. The van der Waals surface area contributed by atoms with Crippen molar-refractivity contribution in [2.45, 2.75) is 84.6 Å². The van der Waals surface area contributed by atoms with Crippen molar-refractivity contribution in [3.05, 3.63) is 53.6 Å². The number of nitrogens with zero attached hydrogens (tertiary/aromatic N) is 2. The number of aromatic nitrogens is 2. The maximum atomic E-state index is 4.94. The first kappa shape index (κ1) is 18.8. The van der Waals surface area contributed by atoms with Crippen LogP contribution in [-0.4, -0.2) is 9.55 Å². The first-order valence-electron chi connectivity index (χ1n) is 9.92. The van der Waals surface area contributed by atoms with Crippen molar-refractivity contribution in [2.24, 2.45) is 0 Å². The minimum absolute atomic E-state index is 1.09. The van der Waals surface area contributed by atoms with E-state index in [1.807, 2.05) is 0 Å². The Hall–Kier alpha value is -1.57. The Labute approximate surface area is 148 Å². The van der Waals surface area contributed by atoms with Crippen molar-refractivity contribution in [1.82, 2.24) is 9.55 Å². The normalized spacial score (nSPS) is 11.1. The summed E-state index contributed by atoms with van der Waals surface area (Å²) in [5.74, 6) is 1.31. The molecule has 1 aromatic heterocycles. The maximum absolute atomic E-state index is 4.94. The van der Waals surface area contributed by atoms with Gasteiger partial charge in [0.25, 0.3) is 0 Å². The minimum Gasteiger partial charge on any atom is -0.335 e. The van der Waals surface area contributed by atoms with Crippen LogP contribution in [0.3, 0.4) is 0 Å². The Kier molecular flexibility index (Phi) is 8.65. The van der Waals surface area contributed by atoms with Crippen LogP contribution in [0.5, 0.6) is 0 Å². The first-order valence-corrected chi connectivity index (χ1v) is 9.92. The molecule has 2 aromatic rings. The van der Waals surface area contributed by atoms with Gasteiger partial charge in [0.1, 0.15) is 5.82 Å². The summed E-state index contributed by atoms with van der Waals surface area (Å²) in [6.45, 7) is 5.63. The number of rotatable bonds is 12. The quantitative estimate of drug-likeness (QED) is 0.439. The summed E-state index contributed by atoms with van der Waals surface area (Å²) in [7, 11) is 0. The van der Waals surface area contributed by atoms with E-state index in [1.165, 1.54) is 62.0 Å². The van der Waals surface area contributed by atoms with E-state index in [0.29, 0.717) is 0 Å². The van der Waals surface area contributed by atoms with Crippen molar-refractivity contribution < 1.29 is 0 Å². The van der Waals surface area contributed by atoms with Gasteiger partial charge in [0.15, 0.2) is 0 Å². The second-order valence-corrected chi connectivity index (χ2v) is 6.85. The summed E-state index contributed by atoms with van der Waals surface area (Å²) in [5.41, 5.74) is 2.71. The van der Waals surface area contributed by atoms with Crippen molar-refractivity contribution >= 4 is 0 Å².